The van der Waals surface area contributed by atoms with Gasteiger partial charge in [-0.3, -0.25) is 24.6 Å². The fourth-order valence-electron chi connectivity index (χ4n) is 1.80. The van der Waals surface area contributed by atoms with Gasteiger partial charge in [-0.15, -0.1) is 0 Å². The van der Waals surface area contributed by atoms with Crippen molar-refractivity contribution in [3.8, 4) is 0 Å². The Morgan fingerprint density at radius 3 is 2.12 bits per heavy atom. The SMILES string of the molecule is O=C1c2ccccc2C(=O)N1CCC[N+](=O)[O-]. The highest BCUT2D eigenvalue weighted by Crippen LogP contribution is 2.22. The lowest BCUT2D eigenvalue weighted by atomic mass is 10.1. The average Bonchev–Trinajstić information content (AvgIpc) is 2.54. The number of imide groups is 1. The Morgan fingerprint density at radius 1 is 1.12 bits per heavy atom. The van der Waals surface area contributed by atoms with E-state index in [1.165, 1.54) is 0 Å². The molecule has 0 unspecified atom stereocenters. The van der Waals surface area contributed by atoms with Crippen molar-refractivity contribution < 1.29 is 14.5 Å². The maximum Gasteiger partial charge on any atom is 0.261 e. The van der Waals surface area contributed by atoms with Crippen LogP contribution in [0.1, 0.15) is 27.1 Å². The van der Waals surface area contributed by atoms with Gasteiger partial charge in [0, 0.05) is 17.9 Å². The largest absolute Gasteiger partial charge is 0.274 e. The van der Waals surface area contributed by atoms with Crippen molar-refractivity contribution in [2.75, 3.05) is 13.1 Å². The van der Waals surface area contributed by atoms with Crippen molar-refractivity contribution >= 4 is 11.8 Å². The normalized spacial score (nSPS) is 14.0. The lowest BCUT2D eigenvalue weighted by Gasteiger charge is -2.11. The van der Waals surface area contributed by atoms with Gasteiger partial charge in [0.15, 0.2) is 0 Å². The minimum absolute atomic E-state index is 0.0906. The van der Waals surface area contributed by atoms with Crippen LogP contribution in [0.25, 0.3) is 0 Å². The first-order chi connectivity index (χ1) is 8.11. The molecule has 0 saturated heterocycles. The summed E-state index contributed by atoms with van der Waals surface area (Å²) in [6.45, 7) is -0.152. The second-order valence-electron chi connectivity index (χ2n) is 3.72. The standard InChI is InChI=1S/C11H10N2O4/c14-10-8-4-1-2-5-9(8)11(15)12(10)6-3-7-13(16)17/h1-2,4-5H,3,6-7H2. The highest BCUT2D eigenvalue weighted by molar-refractivity contribution is 6.21. The molecule has 17 heavy (non-hydrogen) atoms. The van der Waals surface area contributed by atoms with Crippen molar-refractivity contribution in [2.24, 2.45) is 0 Å². The second kappa shape index (κ2) is 4.32. The molecule has 88 valence electrons. The zero-order chi connectivity index (χ0) is 12.4. The first-order valence-electron chi connectivity index (χ1n) is 5.18. The Morgan fingerprint density at radius 2 is 1.65 bits per heavy atom. The molecular weight excluding hydrogens is 224 g/mol. The molecule has 6 nitrogen and oxygen atoms in total. The number of carbonyl (C=O) groups is 2. The van der Waals surface area contributed by atoms with Crippen LogP contribution in [0.15, 0.2) is 24.3 Å². The number of fused-ring (bicyclic) bond motifs is 1. The average molecular weight is 234 g/mol. The number of nitrogens with zero attached hydrogens (tertiary/aromatic N) is 2. The topological polar surface area (TPSA) is 80.5 Å². The highest BCUT2D eigenvalue weighted by atomic mass is 16.6. The van der Waals surface area contributed by atoms with Gasteiger partial charge in [-0.05, 0) is 12.1 Å². The highest BCUT2D eigenvalue weighted by Gasteiger charge is 2.34. The van der Waals surface area contributed by atoms with E-state index in [9.17, 15) is 19.7 Å². The molecule has 1 aromatic carbocycles. The van der Waals surface area contributed by atoms with Crippen molar-refractivity contribution in [2.45, 2.75) is 6.42 Å². The number of rotatable bonds is 4. The molecule has 0 N–H and O–H groups in total. The third-order valence-electron chi connectivity index (χ3n) is 2.60. The molecule has 2 rings (SSSR count). The molecule has 0 radical (unpaired) electrons. The summed E-state index contributed by atoms with van der Waals surface area (Å²) in [6, 6.07) is 6.54. The Labute approximate surface area is 97.0 Å². The lowest BCUT2D eigenvalue weighted by Crippen LogP contribution is -2.31. The minimum Gasteiger partial charge on any atom is -0.274 e. The zero-order valence-electron chi connectivity index (χ0n) is 8.96. The summed E-state index contributed by atoms with van der Waals surface area (Å²) in [4.78, 5) is 34.4. The van der Waals surface area contributed by atoms with Crippen LogP contribution in [0.4, 0.5) is 0 Å². The molecule has 0 spiro atoms. The van der Waals surface area contributed by atoms with E-state index in [1.54, 1.807) is 24.3 Å². The Hall–Kier alpha value is -2.24. The third-order valence-corrected chi connectivity index (χ3v) is 2.60. The maximum atomic E-state index is 11.8. The molecule has 0 fully saturated rings. The van der Waals surface area contributed by atoms with E-state index in [2.05, 4.69) is 0 Å². The summed E-state index contributed by atoms with van der Waals surface area (Å²) in [6.07, 6.45) is 0.179. The van der Waals surface area contributed by atoms with Gasteiger partial charge in [-0.1, -0.05) is 12.1 Å². The van der Waals surface area contributed by atoms with Gasteiger partial charge in [0.25, 0.3) is 11.8 Å². The van der Waals surface area contributed by atoms with Gasteiger partial charge in [-0.2, -0.15) is 0 Å². The van der Waals surface area contributed by atoms with Crippen LogP contribution in [0, 0.1) is 10.1 Å². The molecule has 6 heteroatoms. The summed E-state index contributed by atoms with van der Waals surface area (Å²) >= 11 is 0. The molecule has 1 aliphatic heterocycles. The molecule has 1 aliphatic rings. The summed E-state index contributed by atoms with van der Waals surface area (Å²) in [5.41, 5.74) is 0.747. The molecule has 1 aromatic rings. The molecule has 0 atom stereocenters. The second-order valence-corrected chi connectivity index (χ2v) is 3.72. The first kappa shape index (κ1) is 11.3. The predicted octanol–water partition coefficient (Wildman–Crippen LogP) is 0.949. The number of amides is 2. The van der Waals surface area contributed by atoms with Crippen molar-refractivity contribution in [3.63, 3.8) is 0 Å². The van der Waals surface area contributed by atoms with Crippen LogP contribution in [0.2, 0.25) is 0 Å². The number of benzene rings is 1. The molecule has 1 heterocycles. The molecule has 0 aromatic heterocycles. The fourth-order valence-corrected chi connectivity index (χ4v) is 1.80. The Kier molecular flexibility index (Phi) is 2.86. The summed E-state index contributed by atoms with van der Waals surface area (Å²) < 4.78 is 0. The van der Waals surface area contributed by atoms with E-state index >= 15 is 0 Å². The minimum atomic E-state index is -0.460. The van der Waals surface area contributed by atoms with Gasteiger partial charge in [-0.25, -0.2) is 0 Å². The summed E-state index contributed by atoms with van der Waals surface area (Å²) in [7, 11) is 0. The molecule has 2 amide bonds. The smallest absolute Gasteiger partial charge is 0.261 e. The van der Waals surface area contributed by atoms with E-state index in [0.717, 1.165) is 4.90 Å². The number of hydrogen-bond donors (Lipinski definition) is 0. The maximum absolute atomic E-state index is 11.8. The van der Waals surface area contributed by atoms with Crippen molar-refractivity contribution in [3.05, 3.63) is 45.5 Å². The van der Waals surface area contributed by atoms with Gasteiger partial charge in [0.05, 0.1) is 11.1 Å². The van der Waals surface area contributed by atoms with Gasteiger partial charge < -0.3 is 0 Å². The van der Waals surface area contributed by atoms with Gasteiger partial charge in [0.1, 0.15) is 0 Å². The third kappa shape index (κ3) is 2.01. The van der Waals surface area contributed by atoms with Crippen LogP contribution in [-0.2, 0) is 0 Å². The molecular formula is C11H10N2O4. The van der Waals surface area contributed by atoms with E-state index in [0.29, 0.717) is 11.1 Å². The molecule has 0 aliphatic carbocycles. The molecule has 0 saturated carbocycles. The van der Waals surface area contributed by atoms with E-state index in [4.69, 9.17) is 0 Å². The van der Waals surface area contributed by atoms with E-state index in [1.807, 2.05) is 0 Å². The number of nitro groups is 1. The zero-order valence-corrected chi connectivity index (χ0v) is 8.96. The first-order valence-corrected chi connectivity index (χ1v) is 5.18. The summed E-state index contributed by atoms with van der Waals surface area (Å²) in [5.74, 6) is -0.733. The van der Waals surface area contributed by atoms with Crippen LogP contribution in [-0.4, -0.2) is 34.7 Å². The van der Waals surface area contributed by atoms with Crippen molar-refractivity contribution in [1.29, 1.82) is 0 Å². The Bertz CT molecular complexity index is 463. The predicted molar refractivity (Wildman–Crippen MR) is 58.3 cm³/mol. The summed E-state index contributed by atoms with van der Waals surface area (Å²) in [5, 5.41) is 10.2. The quantitative estimate of drug-likeness (QED) is 0.441. The van der Waals surface area contributed by atoms with E-state index in [-0.39, 0.29) is 31.3 Å². The van der Waals surface area contributed by atoms with E-state index < -0.39 is 4.92 Å². The fraction of sp³-hybridized carbons (Fsp3) is 0.273. The van der Waals surface area contributed by atoms with Crippen LogP contribution >= 0.6 is 0 Å². The number of carbonyl (C=O) groups excluding carboxylic acids is 2. The van der Waals surface area contributed by atoms with Crippen LogP contribution in [0.5, 0.6) is 0 Å². The number of hydrogen-bond acceptors (Lipinski definition) is 4. The van der Waals surface area contributed by atoms with Crippen LogP contribution in [0.3, 0.4) is 0 Å². The monoisotopic (exact) mass is 234 g/mol. The van der Waals surface area contributed by atoms with Crippen LogP contribution < -0.4 is 0 Å². The van der Waals surface area contributed by atoms with Gasteiger partial charge in [0.2, 0.25) is 6.54 Å². The van der Waals surface area contributed by atoms with Gasteiger partial charge >= 0.3 is 0 Å². The lowest BCUT2D eigenvalue weighted by molar-refractivity contribution is -0.480. The van der Waals surface area contributed by atoms with Crippen molar-refractivity contribution in [1.82, 2.24) is 4.90 Å². The Balaban J connectivity index is 2.11. The molecule has 0 bridgehead atoms.